The minimum Gasteiger partial charge on any atom is -0.381 e. The van der Waals surface area contributed by atoms with Crippen LogP contribution < -0.4 is 16.0 Å². The van der Waals surface area contributed by atoms with Gasteiger partial charge in [0, 0.05) is 24.9 Å². The molecule has 0 bridgehead atoms. The van der Waals surface area contributed by atoms with Crippen LogP contribution in [0, 0.1) is 23.2 Å². The van der Waals surface area contributed by atoms with Crippen LogP contribution in [0.5, 0.6) is 0 Å². The van der Waals surface area contributed by atoms with E-state index in [1.165, 1.54) is 4.90 Å². The maximum absolute atomic E-state index is 13.9. The molecule has 0 spiro atoms. The highest BCUT2D eigenvalue weighted by Crippen LogP contribution is 2.33. The molecule has 1 heterocycles. The molecule has 1 saturated heterocycles. The largest absolute Gasteiger partial charge is 0.381 e. The second-order valence-electron chi connectivity index (χ2n) is 12.6. The van der Waals surface area contributed by atoms with Crippen LogP contribution in [0.2, 0.25) is 0 Å². The maximum Gasteiger partial charge on any atom is 0.245 e. The molecule has 0 aromatic heterocycles. The van der Waals surface area contributed by atoms with Crippen molar-refractivity contribution in [3.05, 3.63) is 0 Å². The number of hydrogen-bond acceptors (Lipinski definition) is 6. The minimum absolute atomic E-state index is 0.0421. The lowest BCUT2D eigenvalue weighted by Crippen LogP contribution is -2.59. The number of carbonyl (C=O) groups excluding carboxylic acids is 4. The number of aliphatic hydroxyl groups is 1. The first kappa shape index (κ1) is 30.7. The first-order chi connectivity index (χ1) is 17.9. The zero-order chi connectivity index (χ0) is 28.0. The van der Waals surface area contributed by atoms with E-state index in [4.69, 9.17) is 0 Å². The van der Waals surface area contributed by atoms with Gasteiger partial charge in [0.1, 0.15) is 17.5 Å². The maximum atomic E-state index is 13.9. The minimum atomic E-state index is -1.14. The SMILES string of the molecule is CN(C(=O)[C@H](NC(=O)C(C)(C)C)C1CCCC1)[C@@H](CC1CCC1)C(=O)N[C@@H](C[C@@H]1CCCNC1=O)[C@H](O)S. The Kier molecular flexibility index (Phi) is 10.9. The molecule has 9 nitrogen and oxygen atoms in total. The van der Waals surface area contributed by atoms with E-state index in [2.05, 4.69) is 28.6 Å². The van der Waals surface area contributed by atoms with Gasteiger partial charge in [0.2, 0.25) is 23.6 Å². The second-order valence-corrected chi connectivity index (χ2v) is 13.2. The number of thiol groups is 1. The number of aliphatic hydroxyl groups excluding tert-OH is 1. The highest BCUT2D eigenvalue weighted by atomic mass is 32.1. The van der Waals surface area contributed by atoms with Crippen LogP contribution in [0.25, 0.3) is 0 Å². The molecule has 216 valence electrons. The Balaban J connectivity index is 1.77. The van der Waals surface area contributed by atoms with Crippen molar-refractivity contribution in [2.24, 2.45) is 23.2 Å². The summed E-state index contributed by atoms with van der Waals surface area (Å²) in [6.07, 6.45) is 9.26. The van der Waals surface area contributed by atoms with Crippen LogP contribution in [0.4, 0.5) is 0 Å². The quantitative estimate of drug-likeness (QED) is 0.199. The van der Waals surface area contributed by atoms with E-state index in [1.807, 2.05) is 20.8 Å². The van der Waals surface area contributed by atoms with Gasteiger partial charge in [0.05, 0.1) is 6.04 Å². The summed E-state index contributed by atoms with van der Waals surface area (Å²) in [4.78, 5) is 54.3. The first-order valence-corrected chi connectivity index (χ1v) is 14.9. The number of carbonyl (C=O) groups is 4. The summed E-state index contributed by atoms with van der Waals surface area (Å²) in [5, 5.41) is 19.1. The van der Waals surface area contributed by atoms with Gasteiger partial charge in [0.15, 0.2) is 0 Å². The van der Waals surface area contributed by atoms with E-state index in [-0.39, 0.29) is 41.9 Å². The summed E-state index contributed by atoms with van der Waals surface area (Å²) < 4.78 is 0. The Morgan fingerprint density at radius 3 is 2.21 bits per heavy atom. The number of amides is 4. The van der Waals surface area contributed by atoms with Crippen molar-refractivity contribution in [3.8, 4) is 0 Å². The van der Waals surface area contributed by atoms with Gasteiger partial charge in [-0.1, -0.05) is 52.9 Å². The zero-order valence-electron chi connectivity index (χ0n) is 23.5. The fourth-order valence-electron chi connectivity index (χ4n) is 5.79. The highest BCUT2D eigenvalue weighted by molar-refractivity contribution is 7.80. The highest BCUT2D eigenvalue weighted by Gasteiger charge is 2.41. The Labute approximate surface area is 233 Å². The van der Waals surface area contributed by atoms with E-state index in [0.29, 0.717) is 25.3 Å². The molecule has 0 radical (unpaired) electrons. The van der Waals surface area contributed by atoms with Gasteiger partial charge in [-0.25, -0.2) is 0 Å². The molecule has 0 unspecified atom stereocenters. The van der Waals surface area contributed by atoms with Crippen molar-refractivity contribution in [2.45, 2.75) is 115 Å². The summed E-state index contributed by atoms with van der Waals surface area (Å²) in [6, 6.07) is -2.14. The molecular weight excluding hydrogens is 504 g/mol. The topological polar surface area (TPSA) is 128 Å². The fourth-order valence-corrected chi connectivity index (χ4v) is 5.99. The molecule has 2 saturated carbocycles. The molecule has 4 amide bonds. The third-order valence-electron chi connectivity index (χ3n) is 8.63. The van der Waals surface area contributed by atoms with Crippen molar-refractivity contribution in [2.75, 3.05) is 13.6 Å². The number of piperidine rings is 1. The molecule has 3 rings (SSSR count). The van der Waals surface area contributed by atoms with Gasteiger partial charge in [-0.3, -0.25) is 19.2 Å². The van der Waals surface area contributed by atoms with Crippen molar-refractivity contribution in [1.29, 1.82) is 0 Å². The van der Waals surface area contributed by atoms with Crippen molar-refractivity contribution < 1.29 is 24.3 Å². The molecule has 38 heavy (non-hydrogen) atoms. The van der Waals surface area contributed by atoms with Crippen LogP contribution >= 0.6 is 12.6 Å². The third-order valence-corrected chi connectivity index (χ3v) is 8.99. The fraction of sp³-hybridized carbons (Fsp3) is 0.857. The number of hydrogen-bond donors (Lipinski definition) is 5. The van der Waals surface area contributed by atoms with Gasteiger partial charge in [-0.2, -0.15) is 0 Å². The number of rotatable bonds is 11. The van der Waals surface area contributed by atoms with Gasteiger partial charge < -0.3 is 26.0 Å². The standard InChI is InChI=1S/C28H48N4O5S/c1-28(2,3)27(37)31-22(18-11-5-6-12-18)25(35)32(4)21(15-17-9-7-10-17)24(34)30-20(26(36)38)16-19-13-8-14-29-23(19)33/h17-22,26,36,38H,5-16H2,1-4H3,(H,29,33)(H,30,34)(H,31,37)/t19-,20-,21-,22+,26+/m0/s1. The van der Waals surface area contributed by atoms with Crippen molar-refractivity contribution in [3.63, 3.8) is 0 Å². The molecular formula is C28H48N4O5S. The predicted molar refractivity (Wildman–Crippen MR) is 149 cm³/mol. The van der Waals surface area contributed by atoms with Crippen LogP contribution in [0.3, 0.4) is 0 Å². The average molecular weight is 553 g/mol. The van der Waals surface area contributed by atoms with E-state index in [0.717, 1.165) is 51.4 Å². The molecule has 2 aliphatic carbocycles. The van der Waals surface area contributed by atoms with Gasteiger partial charge in [0.25, 0.3) is 0 Å². The lowest BCUT2D eigenvalue weighted by atomic mass is 9.80. The molecule has 10 heteroatoms. The molecule has 0 aromatic carbocycles. The Morgan fingerprint density at radius 2 is 1.68 bits per heavy atom. The number of likely N-dealkylation sites (N-methyl/N-ethyl adjacent to an activating group) is 1. The van der Waals surface area contributed by atoms with Gasteiger partial charge >= 0.3 is 0 Å². The summed E-state index contributed by atoms with van der Waals surface area (Å²) >= 11 is 4.19. The summed E-state index contributed by atoms with van der Waals surface area (Å²) in [7, 11) is 1.65. The Hall–Kier alpha value is -1.81. The first-order valence-electron chi connectivity index (χ1n) is 14.4. The van der Waals surface area contributed by atoms with E-state index >= 15 is 0 Å². The number of nitrogens with zero attached hydrogens (tertiary/aromatic N) is 1. The molecule has 0 aromatic rings. The lowest BCUT2D eigenvalue weighted by Gasteiger charge is -2.38. The predicted octanol–water partition coefficient (Wildman–Crippen LogP) is 2.37. The Bertz CT molecular complexity index is 851. The van der Waals surface area contributed by atoms with Gasteiger partial charge in [-0.15, -0.1) is 12.6 Å². The van der Waals surface area contributed by atoms with Crippen LogP contribution in [0.1, 0.15) is 91.4 Å². The monoisotopic (exact) mass is 552 g/mol. The van der Waals surface area contributed by atoms with E-state index in [1.54, 1.807) is 7.05 Å². The summed E-state index contributed by atoms with van der Waals surface area (Å²) in [5.41, 5.74) is -1.78. The molecule has 4 N–H and O–H groups in total. The van der Waals surface area contributed by atoms with Crippen molar-refractivity contribution in [1.82, 2.24) is 20.9 Å². The number of nitrogens with one attached hydrogen (secondary N) is 3. The van der Waals surface area contributed by atoms with Crippen LogP contribution in [-0.2, 0) is 19.2 Å². The molecule has 3 fully saturated rings. The smallest absolute Gasteiger partial charge is 0.245 e. The summed E-state index contributed by atoms with van der Waals surface area (Å²) in [6.45, 7) is 6.11. The lowest BCUT2D eigenvalue weighted by molar-refractivity contribution is -0.145. The van der Waals surface area contributed by atoms with Crippen LogP contribution in [0.15, 0.2) is 0 Å². The van der Waals surface area contributed by atoms with Crippen LogP contribution in [-0.4, -0.2) is 70.8 Å². The van der Waals surface area contributed by atoms with E-state index < -0.39 is 29.0 Å². The Morgan fingerprint density at radius 1 is 1.03 bits per heavy atom. The second kappa shape index (κ2) is 13.5. The molecule has 3 aliphatic rings. The zero-order valence-corrected chi connectivity index (χ0v) is 24.4. The molecule has 5 atom stereocenters. The van der Waals surface area contributed by atoms with Crippen molar-refractivity contribution >= 4 is 36.3 Å². The van der Waals surface area contributed by atoms with Gasteiger partial charge in [-0.05, 0) is 50.4 Å². The summed E-state index contributed by atoms with van der Waals surface area (Å²) in [5.74, 6) is -0.770. The molecule has 1 aliphatic heterocycles. The average Bonchev–Trinajstić information content (AvgIpc) is 3.35. The van der Waals surface area contributed by atoms with E-state index in [9.17, 15) is 24.3 Å². The normalized spacial score (nSPS) is 23.9. The third kappa shape index (κ3) is 8.10.